The van der Waals surface area contributed by atoms with E-state index in [1.165, 1.54) is 45.0 Å². The molecule has 0 saturated carbocycles. The first kappa shape index (κ1) is 14.1. The van der Waals surface area contributed by atoms with Crippen LogP contribution in [-0.4, -0.2) is 7.05 Å². The van der Waals surface area contributed by atoms with Crippen molar-refractivity contribution in [1.82, 2.24) is 0 Å². The van der Waals surface area contributed by atoms with E-state index >= 15 is 0 Å². The highest BCUT2D eigenvalue weighted by atomic mass is 31.0. The average Bonchev–Trinajstić information content (AvgIpc) is 2.61. The molecule has 0 saturated heterocycles. The lowest BCUT2D eigenvalue weighted by atomic mass is 9.90. The summed E-state index contributed by atoms with van der Waals surface area (Å²) in [5.41, 5.74) is 10.9. The van der Waals surface area contributed by atoms with Gasteiger partial charge in [0.05, 0.1) is 0 Å². The number of fused-ring (bicyclic) bond motifs is 4. The molecule has 0 aromatic heterocycles. The fourth-order valence-electron chi connectivity index (χ4n) is 4.05. The normalized spacial score (nSPS) is 14.6. The summed E-state index contributed by atoms with van der Waals surface area (Å²) in [5.74, 6) is 0. The van der Waals surface area contributed by atoms with Gasteiger partial charge < -0.3 is 9.57 Å². The van der Waals surface area contributed by atoms with Gasteiger partial charge in [-0.1, -0.05) is 42.5 Å². The van der Waals surface area contributed by atoms with Gasteiger partial charge in [-0.2, -0.15) is 0 Å². The van der Waals surface area contributed by atoms with Gasteiger partial charge in [-0.25, -0.2) is 0 Å². The summed E-state index contributed by atoms with van der Waals surface area (Å²) in [6, 6.07) is 22.1. The van der Waals surface area contributed by atoms with Crippen LogP contribution >= 0.6 is 9.39 Å². The van der Waals surface area contributed by atoms with Gasteiger partial charge in [0.25, 0.3) is 0 Å². The summed E-state index contributed by atoms with van der Waals surface area (Å²) in [7, 11) is 5.07. The second kappa shape index (κ2) is 5.09. The number of rotatable bonds is 0. The van der Waals surface area contributed by atoms with Crippen LogP contribution in [-0.2, 0) is 12.8 Å². The molecule has 3 aromatic rings. The summed E-state index contributed by atoms with van der Waals surface area (Å²) in [5, 5.41) is 0. The standard InChI is InChI=1S/C21H19N2P/c1-22-18-8-4-2-6-14(18)10-16-12-17-11-15-7-3-5-9-19(15)23(24)21(17)13-20(16)22/h2-9,12-13H,10-11,24H2,1H3. The van der Waals surface area contributed by atoms with E-state index in [2.05, 4.69) is 86.7 Å². The molecule has 0 fully saturated rings. The molecule has 2 aliphatic rings. The van der Waals surface area contributed by atoms with E-state index < -0.39 is 0 Å². The molecule has 1 unspecified atom stereocenters. The molecule has 5 rings (SSSR count). The first-order chi connectivity index (χ1) is 11.7. The fourth-order valence-corrected chi connectivity index (χ4v) is 4.54. The maximum atomic E-state index is 2.89. The van der Waals surface area contributed by atoms with E-state index in [0.717, 1.165) is 12.8 Å². The SMILES string of the molecule is CN1c2ccccc2Cc2cc3c(cc21)N(P)c1ccccc1C3. The maximum absolute atomic E-state index is 2.89. The van der Waals surface area contributed by atoms with Crippen molar-refractivity contribution in [3.63, 3.8) is 0 Å². The number of nitrogens with zero attached hydrogens (tertiary/aromatic N) is 2. The molecule has 0 amide bonds. The van der Waals surface area contributed by atoms with Crippen molar-refractivity contribution in [3.8, 4) is 0 Å². The van der Waals surface area contributed by atoms with Crippen molar-refractivity contribution in [3.05, 3.63) is 82.9 Å². The summed E-state index contributed by atoms with van der Waals surface area (Å²) in [6.07, 6.45) is 2.02. The maximum Gasteiger partial charge on any atom is 0.0497 e. The molecule has 0 aliphatic carbocycles. The van der Waals surface area contributed by atoms with Crippen LogP contribution in [0.25, 0.3) is 0 Å². The highest BCUT2D eigenvalue weighted by molar-refractivity contribution is 7.20. The van der Waals surface area contributed by atoms with Gasteiger partial charge in [-0.05, 0) is 49.8 Å². The second-order valence-corrected chi connectivity index (χ2v) is 7.17. The van der Waals surface area contributed by atoms with Crippen molar-refractivity contribution in [2.75, 3.05) is 16.6 Å². The van der Waals surface area contributed by atoms with Crippen LogP contribution < -0.4 is 9.57 Å². The Hall–Kier alpha value is -2.31. The fraction of sp³-hybridized carbons (Fsp3) is 0.143. The molecule has 2 nitrogen and oxygen atoms in total. The van der Waals surface area contributed by atoms with E-state index in [0.29, 0.717) is 0 Å². The van der Waals surface area contributed by atoms with Gasteiger partial charge in [0, 0.05) is 42.6 Å². The zero-order chi connectivity index (χ0) is 16.3. The van der Waals surface area contributed by atoms with Crippen LogP contribution in [0.5, 0.6) is 0 Å². The highest BCUT2D eigenvalue weighted by Crippen LogP contribution is 2.46. The molecule has 3 heteroatoms. The van der Waals surface area contributed by atoms with Crippen LogP contribution in [0.2, 0.25) is 0 Å². The van der Waals surface area contributed by atoms with E-state index in [1.807, 2.05) is 0 Å². The Labute approximate surface area is 145 Å². The largest absolute Gasteiger partial charge is 0.344 e. The van der Waals surface area contributed by atoms with Crippen molar-refractivity contribution < 1.29 is 0 Å². The molecule has 118 valence electrons. The topological polar surface area (TPSA) is 6.48 Å². The smallest absolute Gasteiger partial charge is 0.0497 e. The Morgan fingerprint density at radius 3 is 2.00 bits per heavy atom. The summed E-state index contributed by atoms with van der Waals surface area (Å²) >= 11 is 0. The second-order valence-electron chi connectivity index (χ2n) is 6.65. The van der Waals surface area contributed by atoms with Crippen molar-refractivity contribution >= 4 is 32.1 Å². The molecule has 0 radical (unpaired) electrons. The third-order valence-electron chi connectivity index (χ3n) is 5.27. The van der Waals surface area contributed by atoms with Crippen LogP contribution in [0.1, 0.15) is 22.3 Å². The summed E-state index contributed by atoms with van der Waals surface area (Å²) < 4.78 is 2.25. The Bertz CT molecular complexity index is 889. The number of para-hydroxylation sites is 2. The average molecular weight is 330 g/mol. The quantitative estimate of drug-likeness (QED) is 0.523. The van der Waals surface area contributed by atoms with Crippen LogP contribution in [0.4, 0.5) is 22.7 Å². The van der Waals surface area contributed by atoms with Gasteiger partial charge in [-0.3, -0.25) is 0 Å². The van der Waals surface area contributed by atoms with Gasteiger partial charge >= 0.3 is 0 Å². The first-order valence-corrected chi connectivity index (χ1v) is 8.84. The predicted molar refractivity (Wildman–Crippen MR) is 105 cm³/mol. The molecule has 3 aromatic carbocycles. The number of benzene rings is 3. The van der Waals surface area contributed by atoms with E-state index in [4.69, 9.17) is 0 Å². The molecule has 0 bridgehead atoms. The lowest BCUT2D eigenvalue weighted by molar-refractivity contribution is 1.03. The molecule has 2 heterocycles. The third-order valence-corrected chi connectivity index (χ3v) is 5.82. The minimum atomic E-state index is 1.01. The Morgan fingerprint density at radius 1 is 0.667 bits per heavy atom. The molecule has 1 atom stereocenters. The molecule has 2 aliphatic heterocycles. The van der Waals surface area contributed by atoms with E-state index in [1.54, 1.807) is 0 Å². The van der Waals surface area contributed by atoms with Crippen molar-refractivity contribution in [1.29, 1.82) is 0 Å². The molecular formula is C21H19N2P. The van der Waals surface area contributed by atoms with Crippen molar-refractivity contribution in [2.45, 2.75) is 12.8 Å². The lowest BCUT2D eigenvalue weighted by Gasteiger charge is -2.35. The minimum absolute atomic E-state index is 1.01. The highest BCUT2D eigenvalue weighted by Gasteiger charge is 2.25. The van der Waals surface area contributed by atoms with E-state index in [9.17, 15) is 0 Å². The Morgan fingerprint density at radius 2 is 1.25 bits per heavy atom. The van der Waals surface area contributed by atoms with Crippen molar-refractivity contribution in [2.24, 2.45) is 0 Å². The molecule has 0 N–H and O–H groups in total. The predicted octanol–water partition coefficient (Wildman–Crippen LogP) is 5.19. The van der Waals surface area contributed by atoms with Gasteiger partial charge in [0.15, 0.2) is 0 Å². The molecular weight excluding hydrogens is 311 g/mol. The van der Waals surface area contributed by atoms with Gasteiger partial charge in [-0.15, -0.1) is 0 Å². The molecule has 0 spiro atoms. The lowest BCUT2D eigenvalue weighted by Crippen LogP contribution is -2.21. The Balaban J connectivity index is 1.67. The van der Waals surface area contributed by atoms with Gasteiger partial charge in [0.1, 0.15) is 0 Å². The van der Waals surface area contributed by atoms with Crippen LogP contribution in [0.15, 0.2) is 60.7 Å². The zero-order valence-corrected chi connectivity index (χ0v) is 14.8. The van der Waals surface area contributed by atoms with Crippen LogP contribution in [0.3, 0.4) is 0 Å². The molecule has 24 heavy (non-hydrogen) atoms. The zero-order valence-electron chi connectivity index (χ0n) is 13.7. The number of hydrogen-bond acceptors (Lipinski definition) is 2. The van der Waals surface area contributed by atoms with Crippen LogP contribution in [0, 0.1) is 0 Å². The number of anilines is 4. The monoisotopic (exact) mass is 330 g/mol. The van der Waals surface area contributed by atoms with Gasteiger partial charge in [0.2, 0.25) is 0 Å². The minimum Gasteiger partial charge on any atom is -0.344 e. The third kappa shape index (κ3) is 1.93. The summed E-state index contributed by atoms with van der Waals surface area (Å²) in [6.45, 7) is 0. The first-order valence-electron chi connectivity index (χ1n) is 8.32. The number of hydrogen-bond donors (Lipinski definition) is 0. The van der Waals surface area contributed by atoms with E-state index in [-0.39, 0.29) is 0 Å². The summed E-state index contributed by atoms with van der Waals surface area (Å²) in [4.78, 5) is 2.33. The Kier molecular flexibility index (Phi) is 2.98.